The van der Waals surface area contributed by atoms with Crippen LogP contribution in [0.3, 0.4) is 0 Å². The van der Waals surface area contributed by atoms with Crippen LogP contribution in [-0.4, -0.2) is 41.8 Å². The first-order valence-corrected chi connectivity index (χ1v) is 15.2. The molecule has 2 aliphatic rings. The van der Waals surface area contributed by atoms with E-state index >= 15 is 0 Å². The van der Waals surface area contributed by atoms with Gasteiger partial charge in [-0.05, 0) is 86.3 Å². The van der Waals surface area contributed by atoms with E-state index in [1.54, 1.807) is 35.4 Å². The number of carbonyl (C=O) groups excluding carboxylic acids is 3. The van der Waals surface area contributed by atoms with E-state index in [1.807, 2.05) is 36.4 Å². The molecule has 8 nitrogen and oxygen atoms in total. The molecule has 0 radical (unpaired) electrons. The van der Waals surface area contributed by atoms with Crippen LogP contribution in [0, 0.1) is 22.6 Å². The quantitative estimate of drug-likeness (QED) is 0.307. The predicted octanol–water partition coefficient (Wildman–Crippen LogP) is 5.95. The molecule has 0 bridgehead atoms. The van der Waals surface area contributed by atoms with Crippen molar-refractivity contribution in [3.63, 3.8) is 0 Å². The van der Waals surface area contributed by atoms with Crippen molar-refractivity contribution >= 4 is 29.7 Å². The Hall–Kier alpha value is -4.58. The number of carbonyl (C=O) groups is 3. The molecule has 44 heavy (non-hydrogen) atoms. The third kappa shape index (κ3) is 8.96. The second-order valence-corrected chi connectivity index (χ2v) is 12.1. The summed E-state index contributed by atoms with van der Waals surface area (Å²) in [7, 11) is 0. The fourth-order valence-electron chi connectivity index (χ4n) is 5.66. The molecule has 5 rings (SSSR count). The standard InChI is InChI=1S/C25H31FN2O2.C10H9N3O/c1-25(2)15-13-21(14-16-25)27-24(30)23(12-11-19-7-4-3-5-8-19)28(18-29)22-10-6-9-20(26)17-22;11-7-8-3-4-12-9(6-8)13-5-1-2-10(13)14/h3-10,17-18,21,23H,11-16H2,1-2H3,(H,27,30);3-4,6H,1-2,5H2. The Bertz CT molecular complexity index is 1460. The number of nitrogens with zero attached hydrogens (tertiary/aromatic N) is 4. The minimum Gasteiger partial charge on any atom is -0.352 e. The van der Waals surface area contributed by atoms with Gasteiger partial charge in [0, 0.05) is 30.9 Å². The summed E-state index contributed by atoms with van der Waals surface area (Å²) in [5, 5.41) is 11.8. The van der Waals surface area contributed by atoms with Crippen LogP contribution in [0.4, 0.5) is 15.9 Å². The molecule has 2 aromatic carbocycles. The van der Waals surface area contributed by atoms with Gasteiger partial charge in [0.05, 0.1) is 11.6 Å². The average Bonchev–Trinajstić information content (AvgIpc) is 3.46. The first-order valence-electron chi connectivity index (χ1n) is 15.2. The summed E-state index contributed by atoms with van der Waals surface area (Å²) in [6, 6.07) is 20.4. The van der Waals surface area contributed by atoms with Crippen LogP contribution >= 0.6 is 0 Å². The Kier molecular flexibility index (Phi) is 11.2. The smallest absolute Gasteiger partial charge is 0.243 e. The minimum absolute atomic E-state index is 0.0904. The highest BCUT2D eigenvalue weighted by atomic mass is 19.1. The number of hydrogen-bond donors (Lipinski definition) is 1. The van der Waals surface area contributed by atoms with Gasteiger partial charge in [0.2, 0.25) is 18.2 Å². The van der Waals surface area contributed by atoms with Gasteiger partial charge in [0.25, 0.3) is 0 Å². The zero-order valence-corrected chi connectivity index (χ0v) is 25.4. The van der Waals surface area contributed by atoms with Gasteiger partial charge in [-0.15, -0.1) is 0 Å². The van der Waals surface area contributed by atoms with Crippen molar-refractivity contribution in [2.75, 3.05) is 16.3 Å². The number of pyridine rings is 1. The maximum Gasteiger partial charge on any atom is 0.243 e. The molecule has 1 aliphatic carbocycles. The molecule has 9 heteroatoms. The number of aryl methyl sites for hydroxylation is 1. The van der Waals surface area contributed by atoms with Crippen LogP contribution < -0.4 is 15.1 Å². The zero-order valence-electron chi connectivity index (χ0n) is 25.4. The molecular formula is C35H40FN5O3. The average molecular weight is 598 g/mol. The number of rotatable bonds is 9. The summed E-state index contributed by atoms with van der Waals surface area (Å²) in [5.74, 6) is 0.0715. The number of hydrogen-bond acceptors (Lipinski definition) is 5. The first kappa shape index (κ1) is 32.3. The molecule has 0 spiro atoms. The molecule has 1 aliphatic heterocycles. The summed E-state index contributed by atoms with van der Waals surface area (Å²) >= 11 is 0. The molecule has 3 amide bonds. The number of anilines is 2. The van der Waals surface area contributed by atoms with Gasteiger partial charge in [-0.1, -0.05) is 50.2 Å². The Morgan fingerprint density at radius 3 is 2.55 bits per heavy atom. The van der Waals surface area contributed by atoms with E-state index < -0.39 is 11.9 Å². The molecular weight excluding hydrogens is 557 g/mol. The second kappa shape index (κ2) is 15.2. The van der Waals surface area contributed by atoms with Crippen LogP contribution in [0.15, 0.2) is 72.9 Å². The molecule has 2 fully saturated rings. The lowest BCUT2D eigenvalue weighted by molar-refractivity contribution is -0.125. The van der Waals surface area contributed by atoms with Crippen molar-refractivity contribution in [1.29, 1.82) is 5.26 Å². The molecule has 1 N–H and O–H groups in total. The summed E-state index contributed by atoms with van der Waals surface area (Å²) in [5.41, 5.74) is 2.34. The van der Waals surface area contributed by atoms with Gasteiger partial charge in [-0.3, -0.25) is 19.3 Å². The number of halogens is 1. The van der Waals surface area contributed by atoms with Crippen molar-refractivity contribution in [1.82, 2.24) is 10.3 Å². The normalized spacial score (nSPS) is 16.7. The van der Waals surface area contributed by atoms with Crippen molar-refractivity contribution in [3.05, 3.63) is 89.9 Å². The Morgan fingerprint density at radius 2 is 1.91 bits per heavy atom. The molecule has 1 aromatic heterocycles. The predicted molar refractivity (Wildman–Crippen MR) is 168 cm³/mol. The second-order valence-electron chi connectivity index (χ2n) is 12.1. The fourth-order valence-corrected chi connectivity index (χ4v) is 5.66. The topological polar surface area (TPSA) is 106 Å². The lowest BCUT2D eigenvalue weighted by atomic mass is 9.75. The lowest BCUT2D eigenvalue weighted by Crippen LogP contribution is -2.50. The summed E-state index contributed by atoms with van der Waals surface area (Å²) in [6.45, 7) is 5.22. The maximum atomic E-state index is 13.8. The van der Waals surface area contributed by atoms with E-state index in [0.717, 1.165) is 37.7 Å². The van der Waals surface area contributed by atoms with Crippen LogP contribution in [-0.2, 0) is 20.8 Å². The van der Waals surface area contributed by atoms with Gasteiger partial charge < -0.3 is 10.2 Å². The number of amides is 3. The monoisotopic (exact) mass is 597 g/mol. The first-order chi connectivity index (χ1) is 21.2. The van der Waals surface area contributed by atoms with E-state index in [1.165, 1.54) is 17.0 Å². The van der Waals surface area contributed by atoms with Crippen molar-refractivity contribution in [2.24, 2.45) is 5.41 Å². The third-order valence-electron chi connectivity index (χ3n) is 8.32. The Labute approximate surface area is 258 Å². The lowest BCUT2D eigenvalue weighted by Gasteiger charge is -2.36. The molecule has 2 heterocycles. The van der Waals surface area contributed by atoms with Crippen molar-refractivity contribution in [3.8, 4) is 6.07 Å². The SMILES string of the molecule is CC1(C)CCC(NC(=O)C(CCc2ccccc2)N(C=O)c2cccc(F)c2)CC1.N#Cc1ccnc(N2CCCC2=O)c1. The van der Waals surface area contributed by atoms with Crippen LogP contribution in [0.25, 0.3) is 0 Å². The Balaban J connectivity index is 0.000000262. The number of nitrogens with one attached hydrogen (secondary N) is 1. The summed E-state index contributed by atoms with van der Waals surface area (Å²) in [4.78, 5) is 43.7. The molecule has 230 valence electrons. The van der Waals surface area contributed by atoms with Gasteiger partial charge in [-0.2, -0.15) is 5.26 Å². The van der Waals surface area contributed by atoms with Gasteiger partial charge in [0.1, 0.15) is 17.7 Å². The third-order valence-corrected chi connectivity index (χ3v) is 8.32. The van der Waals surface area contributed by atoms with Crippen molar-refractivity contribution in [2.45, 2.75) is 77.3 Å². The molecule has 1 saturated heterocycles. The van der Waals surface area contributed by atoms with E-state index in [0.29, 0.717) is 54.7 Å². The summed E-state index contributed by atoms with van der Waals surface area (Å²) < 4.78 is 13.8. The summed E-state index contributed by atoms with van der Waals surface area (Å²) in [6.07, 6.45) is 8.75. The highest BCUT2D eigenvalue weighted by Gasteiger charge is 2.32. The fraction of sp³-hybridized carbons (Fsp3) is 0.400. The van der Waals surface area contributed by atoms with E-state index in [4.69, 9.17) is 5.26 Å². The zero-order chi connectivity index (χ0) is 31.5. The van der Waals surface area contributed by atoms with Gasteiger partial charge >= 0.3 is 0 Å². The van der Waals surface area contributed by atoms with Crippen molar-refractivity contribution < 1.29 is 18.8 Å². The van der Waals surface area contributed by atoms with E-state index in [-0.39, 0.29) is 17.9 Å². The number of benzene rings is 2. The van der Waals surface area contributed by atoms with Crippen LogP contribution in [0.1, 0.15) is 69.9 Å². The highest BCUT2D eigenvalue weighted by Crippen LogP contribution is 2.35. The maximum absolute atomic E-state index is 13.8. The Morgan fingerprint density at radius 1 is 1.16 bits per heavy atom. The van der Waals surface area contributed by atoms with E-state index in [9.17, 15) is 18.8 Å². The minimum atomic E-state index is -0.695. The molecule has 1 saturated carbocycles. The van der Waals surface area contributed by atoms with Gasteiger partial charge in [0.15, 0.2) is 0 Å². The molecule has 1 atom stereocenters. The molecule has 3 aromatic rings. The number of aromatic nitrogens is 1. The van der Waals surface area contributed by atoms with Crippen LogP contribution in [0.2, 0.25) is 0 Å². The van der Waals surface area contributed by atoms with Crippen LogP contribution in [0.5, 0.6) is 0 Å². The number of nitriles is 1. The van der Waals surface area contributed by atoms with Gasteiger partial charge in [-0.25, -0.2) is 9.37 Å². The highest BCUT2D eigenvalue weighted by molar-refractivity contribution is 5.94. The van der Waals surface area contributed by atoms with E-state index in [2.05, 4.69) is 24.1 Å². The largest absolute Gasteiger partial charge is 0.352 e. The molecule has 1 unspecified atom stereocenters.